The number of aliphatic hydroxyl groups excluding tert-OH is 2. The molecular weight excluding hydrogens is 244 g/mol. The van der Waals surface area contributed by atoms with Crippen molar-refractivity contribution in [2.75, 3.05) is 7.11 Å². The molecule has 8 nitrogen and oxygen atoms in total. The summed E-state index contributed by atoms with van der Waals surface area (Å²) in [7, 11) is 1.15. The van der Waals surface area contributed by atoms with Crippen LogP contribution in [0.15, 0.2) is 18.3 Å². The number of nitrogens with zero attached hydrogens (tertiary/aromatic N) is 2. The second-order valence-electron chi connectivity index (χ2n) is 3.49. The van der Waals surface area contributed by atoms with Crippen molar-refractivity contribution in [2.24, 2.45) is 0 Å². The molecule has 0 spiro atoms. The van der Waals surface area contributed by atoms with Gasteiger partial charge in [-0.1, -0.05) is 0 Å². The lowest BCUT2D eigenvalue weighted by molar-refractivity contribution is -0.385. The average molecular weight is 256 g/mol. The summed E-state index contributed by atoms with van der Waals surface area (Å²) >= 11 is 0. The number of rotatable bonds is 5. The van der Waals surface area contributed by atoms with Gasteiger partial charge in [0.25, 0.3) is 5.69 Å². The molecule has 0 saturated heterocycles. The lowest BCUT2D eigenvalue weighted by Crippen LogP contribution is -2.23. The van der Waals surface area contributed by atoms with Crippen LogP contribution in [0.5, 0.6) is 0 Å². The average Bonchev–Trinajstić information content (AvgIpc) is 2.37. The number of aliphatic hydroxyl groups is 2. The molecular formula is C10H12N2O6. The van der Waals surface area contributed by atoms with Crippen LogP contribution in [0.3, 0.4) is 0 Å². The van der Waals surface area contributed by atoms with E-state index < -0.39 is 29.5 Å². The molecule has 0 radical (unpaired) electrons. The van der Waals surface area contributed by atoms with Crippen LogP contribution in [0.25, 0.3) is 0 Å². The van der Waals surface area contributed by atoms with Crippen molar-refractivity contribution < 1.29 is 24.7 Å². The topological polar surface area (TPSA) is 123 Å². The molecule has 1 rings (SSSR count). The maximum Gasteiger partial charge on any atom is 0.308 e. The highest BCUT2D eigenvalue weighted by Gasteiger charge is 2.24. The van der Waals surface area contributed by atoms with Gasteiger partial charge in [-0.25, -0.2) is 0 Å². The highest BCUT2D eigenvalue weighted by Crippen LogP contribution is 2.20. The predicted molar refractivity (Wildman–Crippen MR) is 58.5 cm³/mol. The first-order valence-corrected chi connectivity index (χ1v) is 4.99. The summed E-state index contributed by atoms with van der Waals surface area (Å²) in [6, 6.07) is 2.19. The van der Waals surface area contributed by atoms with Crippen molar-refractivity contribution in [1.29, 1.82) is 0 Å². The zero-order valence-corrected chi connectivity index (χ0v) is 9.52. The smallest absolute Gasteiger partial charge is 0.308 e. The molecule has 0 fully saturated rings. The SMILES string of the molecule is COC(=O)CC(O)C(O)c1cc([N+](=O)[O-])ccn1. The lowest BCUT2D eigenvalue weighted by Gasteiger charge is -2.15. The zero-order valence-electron chi connectivity index (χ0n) is 9.52. The molecule has 98 valence electrons. The standard InChI is InChI=1S/C10H12N2O6/c1-18-9(14)5-8(13)10(15)7-4-6(12(16)17)2-3-11-7/h2-4,8,10,13,15H,5H2,1H3. The summed E-state index contributed by atoms with van der Waals surface area (Å²) in [6.07, 6.45) is -2.22. The van der Waals surface area contributed by atoms with Crippen LogP contribution in [0.2, 0.25) is 0 Å². The Bertz CT molecular complexity index is 450. The molecule has 0 aliphatic heterocycles. The number of ether oxygens (including phenoxy) is 1. The molecule has 0 bridgehead atoms. The molecule has 0 aliphatic rings. The van der Waals surface area contributed by atoms with E-state index in [0.717, 1.165) is 25.4 Å². The minimum atomic E-state index is -1.50. The number of esters is 1. The maximum atomic E-state index is 10.9. The molecule has 0 aliphatic carbocycles. The monoisotopic (exact) mass is 256 g/mol. The fourth-order valence-corrected chi connectivity index (χ4v) is 1.27. The van der Waals surface area contributed by atoms with E-state index in [4.69, 9.17) is 0 Å². The van der Waals surface area contributed by atoms with Crippen LogP contribution in [0.4, 0.5) is 5.69 Å². The van der Waals surface area contributed by atoms with Gasteiger partial charge in [-0.15, -0.1) is 0 Å². The first-order valence-electron chi connectivity index (χ1n) is 4.99. The molecule has 2 atom stereocenters. The summed E-state index contributed by atoms with van der Waals surface area (Å²) in [5.41, 5.74) is -0.343. The molecule has 8 heteroatoms. The summed E-state index contributed by atoms with van der Waals surface area (Å²) in [6.45, 7) is 0. The second-order valence-corrected chi connectivity index (χ2v) is 3.49. The maximum absolute atomic E-state index is 10.9. The van der Waals surface area contributed by atoms with Crippen molar-refractivity contribution in [3.8, 4) is 0 Å². The fraction of sp³-hybridized carbons (Fsp3) is 0.400. The Balaban J connectivity index is 2.82. The quantitative estimate of drug-likeness (QED) is 0.430. The molecule has 2 unspecified atom stereocenters. The van der Waals surface area contributed by atoms with Crippen molar-refractivity contribution >= 4 is 11.7 Å². The molecule has 1 aromatic heterocycles. The lowest BCUT2D eigenvalue weighted by atomic mass is 10.1. The Morgan fingerprint density at radius 3 is 2.83 bits per heavy atom. The predicted octanol–water partition coefficient (Wildman–Crippen LogP) is -0.0528. The highest BCUT2D eigenvalue weighted by atomic mass is 16.6. The first-order chi connectivity index (χ1) is 8.45. The normalized spacial score (nSPS) is 13.7. The van der Waals surface area contributed by atoms with Gasteiger partial charge >= 0.3 is 5.97 Å². The number of nitro groups is 1. The van der Waals surface area contributed by atoms with Crippen LogP contribution in [-0.4, -0.2) is 39.3 Å². The Labute approximate surface area is 102 Å². The van der Waals surface area contributed by atoms with Gasteiger partial charge in [-0.3, -0.25) is 19.9 Å². The van der Waals surface area contributed by atoms with Crippen LogP contribution in [0, 0.1) is 10.1 Å². The fourth-order valence-electron chi connectivity index (χ4n) is 1.27. The molecule has 1 heterocycles. The van der Waals surface area contributed by atoms with E-state index in [1.54, 1.807) is 0 Å². The van der Waals surface area contributed by atoms with Gasteiger partial charge in [0.05, 0.1) is 30.3 Å². The molecule has 2 N–H and O–H groups in total. The summed E-state index contributed by atoms with van der Waals surface area (Å²) in [4.78, 5) is 24.5. The number of aromatic nitrogens is 1. The molecule has 0 saturated carbocycles. The number of hydrogen-bond donors (Lipinski definition) is 2. The number of hydrogen-bond acceptors (Lipinski definition) is 7. The van der Waals surface area contributed by atoms with E-state index in [1.807, 2.05) is 0 Å². The van der Waals surface area contributed by atoms with Gasteiger partial charge in [-0.05, 0) is 0 Å². The van der Waals surface area contributed by atoms with E-state index in [9.17, 15) is 25.1 Å². The molecule has 1 aromatic rings. The van der Waals surface area contributed by atoms with Crippen molar-refractivity contribution in [2.45, 2.75) is 18.6 Å². The number of methoxy groups -OCH3 is 1. The molecule has 0 aromatic carbocycles. The Kier molecular flexibility index (Phi) is 4.69. The van der Waals surface area contributed by atoms with Gasteiger partial charge in [0, 0.05) is 18.3 Å². The van der Waals surface area contributed by atoms with Gasteiger partial charge in [0.2, 0.25) is 0 Å². The molecule has 18 heavy (non-hydrogen) atoms. The summed E-state index contributed by atoms with van der Waals surface area (Å²) < 4.78 is 4.33. The highest BCUT2D eigenvalue weighted by molar-refractivity contribution is 5.69. The number of carbonyl (C=O) groups excluding carboxylic acids is 1. The van der Waals surface area contributed by atoms with E-state index in [2.05, 4.69) is 9.72 Å². The van der Waals surface area contributed by atoms with Gasteiger partial charge < -0.3 is 14.9 Å². The third-order valence-electron chi connectivity index (χ3n) is 2.25. The zero-order chi connectivity index (χ0) is 13.7. The van der Waals surface area contributed by atoms with Crippen LogP contribution < -0.4 is 0 Å². The van der Waals surface area contributed by atoms with Crippen LogP contribution in [0.1, 0.15) is 18.2 Å². The Morgan fingerprint density at radius 1 is 1.61 bits per heavy atom. The Hall–Kier alpha value is -2.06. The largest absolute Gasteiger partial charge is 0.469 e. The third kappa shape index (κ3) is 3.47. The first kappa shape index (κ1) is 14.0. The van der Waals surface area contributed by atoms with E-state index in [1.165, 1.54) is 0 Å². The second kappa shape index (κ2) is 6.03. The van der Waals surface area contributed by atoms with E-state index in [-0.39, 0.29) is 11.4 Å². The van der Waals surface area contributed by atoms with Crippen LogP contribution >= 0.6 is 0 Å². The third-order valence-corrected chi connectivity index (χ3v) is 2.25. The van der Waals surface area contributed by atoms with Gasteiger partial charge in [0.1, 0.15) is 6.10 Å². The number of pyridine rings is 1. The summed E-state index contributed by atoms with van der Waals surface area (Å²) in [5.74, 6) is -0.702. The molecule has 0 amide bonds. The van der Waals surface area contributed by atoms with Crippen molar-refractivity contribution in [3.05, 3.63) is 34.1 Å². The van der Waals surface area contributed by atoms with E-state index >= 15 is 0 Å². The van der Waals surface area contributed by atoms with Crippen LogP contribution in [-0.2, 0) is 9.53 Å². The number of carbonyl (C=O) groups is 1. The van der Waals surface area contributed by atoms with Crippen molar-refractivity contribution in [1.82, 2.24) is 4.98 Å². The summed E-state index contributed by atoms with van der Waals surface area (Å²) in [5, 5.41) is 29.8. The Morgan fingerprint density at radius 2 is 2.28 bits per heavy atom. The minimum absolute atomic E-state index is 0.0828. The minimum Gasteiger partial charge on any atom is -0.469 e. The van der Waals surface area contributed by atoms with E-state index in [0.29, 0.717) is 0 Å². The van der Waals surface area contributed by atoms with Gasteiger partial charge in [-0.2, -0.15) is 0 Å². The van der Waals surface area contributed by atoms with Crippen molar-refractivity contribution in [3.63, 3.8) is 0 Å². The van der Waals surface area contributed by atoms with Gasteiger partial charge in [0.15, 0.2) is 0 Å².